The lowest BCUT2D eigenvalue weighted by atomic mass is 10.1. The number of nitrogens with zero attached hydrogens (tertiary/aromatic N) is 2. The highest BCUT2D eigenvalue weighted by atomic mass is 16.5. The quantitative estimate of drug-likeness (QED) is 0.675. The molecule has 2 amide bonds. The Morgan fingerprint density at radius 2 is 1.76 bits per heavy atom. The average molecular weight is 237 g/mol. The number of carbonyl (C=O) groups excluding carboxylic acids is 1. The molecule has 1 rings (SSSR count). The molecule has 1 aromatic heterocycles. The molecule has 0 aliphatic heterocycles. The van der Waals surface area contributed by atoms with E-state index in [9.17, 15) is 10.0 Å². The SMILES string of the molecule is Cc1cc(=NC(=O)NC(C)(C)C)cc(C)n1O. The van der Waals surface area contributed by atoms with Crippen molar-refractivity contribution in [1.29, 1.82) is 0 Å². The molecule has 0 bridgehead atoms. The van der Waals surface area contributed by atoms with Crippen molar-refractivity contribution in [3.05, 3.63) is 28.9 Å². The van der Waals surface area contributed by atoms with Gasteiger partial charge in [0.05, 0.1) is 16.7 Å². The molecule has 0 unspecified atom stereocenters. The van der Waals surface area contributed by atoms with Crippen LogP contribution in [0.3, 0.4) is 0 Å². The molecule has 94 valence electrons. The normalized spacial score (nSPS) is 11.1. The smallest absolute Gasteiger partial charge is 0.341 e. The van der Waals surface area contributed by atoms with Gasteiger partial charge in [0.1, 0.15) is 0 Å². The molecule has 0 spiro atoms. The predicted octanol–water partition coefficient (Wildman–Crippen LogP) is 1.75. The monoisotopic (exact) mass is 237 g/mol. The van der Waals surface area contributed by atoms with E-state index in [1.807, 2.05) is 20.8 Å². The molecule has 2 N–H and O–H groups in total. The second kappa shape index (κ2) is 4.61. The van der Waals surface area contributed by atoms with Gasteiger partial charge >= 0.3 is 6.03 Å². The third kappa shape index (κ3) is 3.94. The number of hydrogen-bond donors (Lipinski definition) is 2. The number of carbonyl (C=O) groups is 1. The molecule has 0 aromatic carbocycles. The Balaban J connectivity index is 3.05. The van der Waals surface area contributed by atoms with Crippen LogP contribution in [0, 0.1) is 13.8 Å². The van der Waals surface area contributed by atoms with Gasteiger partial charge in [-0.05, 0) is 46.8 Å². The minimum atomic E-state index is -0.382. The van der Waals surface area contributed by atoms with Crippen molar-refractivity contribution in [3.8, 4) is 0 Å². The molecule has 0 radical (unpaired) electrons. The lowest BCUT2D eigenvalue weighted by Crippen LogP contribution is -2.39. The fourth-order valence-electron chi connectivity index (χ4n) is 1.40. The summed E-state index contributed by atoms with van der Waals surface area (Å²) in [4.78, 5) is 15.5. The van der Waals surface area contributed by atoms with E-state index in [1.54, 1.807) is 26.0 Å². The van der Waals surface area contributed by atoms with Crippen molar-refractivity contribution in [2.75, 3.05) is 0 Å². The molecule has 0 aliphatic carbocycles. The largest absolute Gasteiger partial charge is 0.428 e. The Bertz CT molecular complexity index is 469. The van der Waals surface area contributed by atoms with Crippen LogP contribution in [0.15, 0.2) is 17.1 Å². The van der Waals surface area contributed by atoms with Crippen molar-refractivity contribution >= 4 is 6.03 Å². The molecule has 0 aliphatic rings. The maximum atomic E-state index is 11.6. The van der Waals surface area contributed by atoms with Crippen LogP contribution < -0.4 is 10.7 Å². The van der Waals surface area contributed by atoms with E-state index in [1.165, 1.54) is 0 Å². The summed E-state index contributed by atoms with van der Waals surface area (Å²) in [6.07, 6.45) is 0. The third-order valence-corrected chi connectivity index (χ3v) is 2.09. The van der Waals surface area contributed by atoms with Crippen LogP contribution in [0.25, 0.3) is 0 Å². The second-order valence-corrected chi connectivity index (χ2v) is 5.10. The zero-order chi connectivity index (χ0) is 13.2. The summed E-state index contributed by atoms with van der Waals surface area (Å²) in [5.74, 6) is 0. The highest BCUT2D eigenvalue weighted by Gasteiger charge is 2.12. The third-order valence-electron chi connectivity index (χ3n) is 2.09. The molecule has 1 aromatic rings. The zero-order valence-corrected chi connectivity index (χ0v) is 10.9. The Kier molecular flexibility index (Phi) is 3.60. The van der Waals surface area contributed by atoms with Crippen molar-refractivity contribution < 1.29 is 10.0 Å². The van der Waals surface area contributed by atoms with Gasteiger partial charge in [0.15, 0.2) is 0 Å². The molecular formula is C12H19N3O2. The van der Waals surface area contributed by atoms with Gasteiger partial charge in [-0.25, -0.2) is 4.79 Å². The maximum Gasteiger partial charge on any atom is 0.341 e. The van der Waals surface area contributed by atoms with Crippen molar-refractivity contribution in [1.82, 2.24) is 10.0 Å². The second-order valence-electron chi connectivity index (χ2n) is 5.10. The Hall–Kier alpha value is -1.78. The number of hydrogen-bond acceptors (Lipinski definition) is 2. The number of urea groups is 1. The summed E-state index contributed by atoms with van der Waals surface area (Å²) < 4.78 is 1.06. The fraction of sp³-hybridized carbons (Fsp3) is 0.500. The summed E-state index contributed by atoms with van der Waals surface area (Å²) in [6, 6.07) is 2.91. The molecule has 0 atom stereocenters. The van der Waals surface area contributed by atoms with E-state index >= 15 is 0 Å². The van der Waals surface area contributed by atoms with Crippen LogP contribution in [0.4, 0.5) is 4.79 Å². The van der Waals surface area contributed by atoms with Crippen LogP contribution in [-0.2, 0) is 0 Å². The summed E-state index contributed by atoms with van der Waals surface area (Å²) in [6.45, 7) is 9.16. The first-order chi connectivity index (χ1) is 7.69. The van der Waals surface area contributed by atoms with Gasteiger partial charge in [0.2, 0.25) is 0 Å². The van der Waals surface area contributed by atoms with Crippen LogP contribution in [0.2, 0.25) is 0 Å². The first-order valence-corrected chi connectivity index (χ1v) is 5.45. The van der Waals surface area contributed by atoms with Gasteiger partial charge < -0.3 is 10.5 Å². The van der Waals surface area contributed by atoms with Crippen LogP contribution in [-0.4, -0.2) is 21.5 Å². The topological polar surface area (TPSA) is 66.6 Å². The Morgan fingerprint density at radius 3 is 2.18 bits per heavy atom. The van der Waals surface area contributed by atoms with E-state index in [0.717, 1.165) is 4.73 Å². The van der Waals surface area contributed by atoms with Crippen molar-refractivity contribution in [2.24, 2.45) is 4.99 Å². The fourth-order valence-corrected chi connectivity index (χ4v) is 1.40. The summed E-state index contributed by atoms with van der Waals surface area (Å²) in [5.41, 5.74) is 0.954. The van der Waals surface area contributed by atoms with Crippen LogP contribution in [0.5, 0.6) is 0 Å². The molecule has 5 heteroatoms. The number of amides is 2. The molecular weight excluding hydrogens is 218 g/mol. The van der Waals surface area contributed by atoms with Crippen molar-refractivity contribution in [2.45, 2.75) is 40.2 Å². The zero-order valence-electron chi connectivity index (χ0n) is 10.9. The Labute approximate surface area is 101 Å². The van der Waals surface area contributed by atoms with Crippen LogP contribution in [0.1, 0.15) is 32.2 Å². The number of rotatable bonds is 0. The molecule has 1 heterocycles. The van der Waals surface area contributed by atoms with Crippen molar-refractivity contribution in [3.63, 3.8) is 0 Å². The summed E-state index contributed by atoms with van der Waals surface area (Å²) >= 11 is 0. The van der Waals surface area contributed by atoms with Gasteiger partial charge in [-0.2, -0.15) is 9.72 Å². The van der Waals surface area contributed by atoms with Gasteiger partial charge in [-0.3, -0.25) is 0 Å². The number of aromatic nitrogens is 1. The van der Waals surface area contributed by atoms with Crippen LogP contribution >= 0.6 is 0 Å². The highest BCUT2D eigenvalue weighted by molar-refractivity contribution is 5.75. The molecule has 5 nitrogen and oxygen atoms in total. The first-order valence-electron chi connectivity index (χ1n) is 5.45. The molecule has 17 heavy (non-hydrogen) atoms. The standard InChI is InChI=1S/C12H19N3O2/c1-8-6-10(7-9(2)15(8)17)13-11(16)14-12(3,4)5/h6-7,17H,1-5H3,(H,14,16). The van der Waals surface area contributed by atoms with E-state index < -0.39 is 0 Å². The average Bonchev–Trinajstić information content (AvgIpc) is 2.10. The number of pyridine rings is 1. The van der Waals surface area contributed by atoms with Gasteiger partial charge in [0.25, 0.3) is 0 Å². The molecule has 0 saturated carbocycles. The van der Waals surface area contributed by atoms with E-state index in [2.05, 4.69) is 10.3 Å². The maximum absolute atomic E-state index is 11.6. The minimum Gasteiger partial charge on any atom is -0.428 e. The van der Waals surface area contributed by atoms with Gasteiger partial charge in [-0.15, -0.1) is 0 Å². The van der Waals surface area contributed by atoms with E-state index in [-0.39, 0.29) is 11.6 Å². The predicted molar refractivity (Wildman–Crippen MR) is 64.9 cm³/mol. The number of nitrogens with one attached hydrogen (secondary N) is 1. The molecule has 0 saturated heterocycles. The first kappa shape index (κ1) is 13.3. The van der Waals surface area contributed by atoms with Gasteiger partial charge in [-0.1, -0.05) is 0 Å². The van der Waals surface area contributed by atoms with Gasteiger partial charge in [0, 0.05) is 5.54 Å². The minimum absolute atomic E-state index is 0.309. The Morgan fingerprint density at radius 1 is 1.29 bits per heavy atom. The van der Waals surface area contributed by atoms with E-state index in [0.29, 0.717) is 16.7 Å². The highest BCUT2D eigenvalue weighted by Crippen LogP contribution is 1.99. The lowest BCUT2D eigenvalue weighted by Gasteiger charge is -2.18. The van der Waals surface area contributed by atoms with E-state index in [4.69, 9.17) is 0 Å². The number of aryl methyl sites for hydroxylation is 2. The summed E-state index contributed by atoms with van der Waals surface area (Å²) in [5, 5.41) is 12.8. The summed E-state index contributed by atoms with van der Waals surface area (Å²) in [7, 11) is 0. The molecule has 0 fully saturated rings. The lowest BCUT2D eigenvalue weighted by molar-refractivity contribution is 0.170.